The summed E-state index contributed by atoms with van der Waals surface area (Å²) >= 11 is 3.90. The molecule has 3 atom stereocenters. The van der Waals surface area contributed by atoms with Crippen molar-refractivity contribution < 1.29 is 29.4 Å². The summed E-state index contributed by atoms with van der Waals surface area (Å²) in [5.74, 6) is -3.32. The normalized spacial score (nSPS) is 13.8. The van der Waals surface area contributed by atoms with Crippen molar-refractivity contribution in [3.63, 3.8) is 0 Å². The second kappa shape index (κ2) is 12.0. The molecular weight excluding hydrogens is 412 g/mol. The Hall–Kier alpha value is -2.79. The topological polar surface area (TPSA) is 171 Å². The van der Waals surface area contributed by atoms with Gasteiger partial charge in [0.2, 0.25) is 17.7 Å². The largest absolute Gasteiger partial charge is 0.508 e. The Bertz CT molecular complexity index is 756. The van der Waals surface area contributed by atoms with Gasteiger partial charge in [0.15, 0.2) is 0 Å². The van der Waals surface area contributed by atoms with Gasteiger partial charge in [-0.1, -0.05) is 26.0 Å². The van der Waals surface area contributed by atoms with E-state index in [-0.39, 0.29) is 23.8 Å². The molecular formula is C19H28N4O6S. The SMILES string of the molecule is CC(C)C(NC(=O)C(Cc1ccc(O)cc1)NC(=O)CNC(=O)C(N)CS)C(=O)O. The average molecular weight is 441 g/mol. The molecule has 0 aliphatic carbocycles. The van der Waals surface area contributed by atoms with Gasteiger partial charge in [-0.25, -0.2) is 4.79 Å². The number of carboxylic acids is 1. The summed E-state index contributed by atoms with van der Waals surface area (Å²) in [6, 6.07) is 2.90. The van der Waals surface area contributed by atoms with Gasteiger partial charge in [-0.15, -0.1) is 0 Å². The minimum Gasteiger partial charge on any atom is -0.508 e. The lowest BCUT2D eigenvalue weighted by molar-refractivity contribution is -0.143. The van der Waals surface area contributed by atoms with E-state index in [1.54, 1.807) is 26.0 Å². The molecule has 0 bridgehead atoms. The molecule has 0 radical (unpaired) electrons. The Morgan fingerprint density at radius 1 is 1.07 bits per heavy atom. The maximum absolute atomic E-state index is 12.7. The van der Waals surface area contributed by atoms with Crippen molar-refractivity contribution in [3.8, 4) is 5.75 Å². The van der Waals surface area contributed by atoms with Crippen LogP contribution in [0.4, 0.5) is 0 Å². The monoisotopic (exact) mass is 440 g/mol. The Labute approximate surface area is 180 Å². The van der Waals surface area contributed by atoms with Crippen molar-refractivity contribution in [3.05, 3.63) is 29.8 Å². The first-order valence-corrected chi connectivity index (χ1v) is 9.93. The molecule has 0 fully saturated rings. The summed E-state index contributed by atoms with van der Waals surface area (Å²) in [4.78, 5) is 48.0. The van der Waals surface area contributed by atoms with E-state index in [0.717, 1.165) is 0 Å². The van der Waals surface area contributed by atoms with Crippen LogP contribution in [0, 0.1) is 5.92 Å². The number of aliphatic carboxylic acids is 1. The van der Waals surface area contributed by atoms with Crippen LogP contribution < -0.4 is 21.7 Å². The Morgan fingerprint density at radius 3 is 2.17 bits per heavy atom. The zero-order valence-corrected chi connectivity index (χ0v) is 17.7. The Kier molecular flexibility index (Phi) is 10.1. The van der Waals surface area contributed by atoms with Crippen LogP contribution in [0.3, 0.4) is 0 Å². The molecule has 3 unspecified atom stereocenters. The fourth-order valence-electron chi connectivity index (χ4n) is 2.47. The van der Waals surface area contributed by atoms with Gasteiger partial charge in [0.05, 0.1) is 12.6 Å². The van der Waals surface area contributed by atoms with Gasteiger partial charge in [0, 0.05) is 12.2 Å². The lowest BCUT2D eigenvalue weighted by Gasteiger charge is -2.23. The van der Waals surface area contributed by atoms with Crippen molar-refractivity contribution in [2.45, 2.75) is 38.4 Å². The number of hydrogen-bond donors (Lipinski definition) is 7. The van der Waals surface area contributed by atoms with E-state index in [4.69, 9.17) is 5.73 Å². The van der Waals surface area contributed by atoms with Gasteiger partial charge in [0.25, 0.3) is 0 Å². The van der Waals surface area contributed by atoms with Gasteiger partial charge in [-0.3, -0.25) is 14.4 Å². The summed E-state index contributed by atoms with van der Waals surface area (Å²) in [5, 5.41) is 26.0. The number of thiol groups is 1. The minimum absolute atomic E-state index is 0.0396. The molecule has 0 aromatic heterocycles. The molecule has 7 N–H and O–H groups in total. The number of carboxylic acid groups (broad SMARTS) is 1. The van der Waals surface area contributed by atoms with E-state index < -0.39 is 48.4 Å². The van der Waals surface area contributed by atoms with Crippen molar-refractivity contribution in [1.82, 2.24) is 16.0 Å². The van der Waals surface area contributed by atoms with E-state index in [0.29, 0.717) is 5.56 Å². The van der Waals surface area contributed by atoms with Crippen molar-refractivity contribution in [2.24, 2.45) is 11.7 Å². The summed E-state index contributed by atoms with van der Waals surface area (Å²) in [6.07, 6.45) is 0.0480. The number of carbonyl (C=O) groups excluding carboxylic acids is 3. The fraction of sp³-hybridized carbons (Fsp3) is 0.474. The van der Waals surface area contributed by atoms with E-state index in [1.165, 1.54) is 12.1 Å². The highest BCUT2D eigenvalue weighted by molar-refractivity contribution is 7.80. The highest BCUT2D eigenvalue weighted by Crippen LogP contribution is 2.12. The van der Waals surface area contributed by atoms with Crippen LogP contribution in [-0.2, 0) is 25.6 Å². The number of benzene rings is 1. The maximum Gasteiger partial charge on any atom is 0.326 e. The second-order valence-corrected chi connectivity index (χ2v) is 7.43. The molecule has 11 heteroatoms. The second-order valence-electron chi connectivity index (χ2n) is 7.07. The van der Waals surface area contributed by atoms with Crippen LogP contribution in [0.25, 0.3) is 0 Å². The number of nitrogens with one attached hydrogen (secondary N) is 3. The third-order valence-corrected chi connectivity index (χ3v) is 4.61. The van der Waals surface area contributed by atoms with Crippen LogP contribution in [0.5, 0.6) is 5.75 Å². The van der Waals surface area contributed by atoms with E-state index in [9.17, 15) is 29.4 Å². The van der Waals surface area contributed by atoms with Crippen LogP contribution in [-0.4, -0.2) is 64.3 Å². The van der Waals surface area contributed by atoms with Gasteiger partial charge >= 0.3 is 5.97 Å². The Balaban J connectivity index is 2.89. The number of rotatable bonds is 11. The van der Waals surface area contributed by atoms with Gasteiger partial charge in [-0.2, -0.15) is 12.6 Å². The smallest absolute Gasteiger partial charge is 0.326 e. The van der Waals surface area contributed by atoms with E-state index in [1.807, 2.05) is 0 Å². The summed E-state index contributed by atoms with van der Waals surface area (Å²) < 4.78 is 0. The van der Waals surface area contributed by atoms with Crippen molar-refractivity contribution in [2.75, 3.05) is 12.3 Å². The zero-order chi connectivity index (χ0) is 22.8. The number of nitrogens with two attached hydrogens (primary N) is 1. The first kappa shape index (κ1) is 25.2. The summed E-state index contributed by atoms with van der Waals surface area (Å²) in [5.41, 5.74) is 6.15. The molecule has 10 nitrogen and oxygen atoms in total. The Morgan fingerprint density at radius 2 is 1.67 bits per heavy atom. The zero-order valence-electron chi connectivity index (χ0n) is 16.8. The third kappa shape index (κ3) is 8.29. The van der Waals surface area contributed by atoms with Gasteiger partial charge in [0.1, 0.15) is 17.8 Å². The number of aromatic hydroxyl groups is 1. The van der Waals surface area contributed by atoms with Gasteiger partial charge in [-0.05, 0) is 23.6 Å². The van der Waals surface area contributed by atoms with Gasteiger partial charge < -0.3 is 31.9 Å². The molecule has 0 aliphatic heterocycles. The molecule has 0 heterocycles. The number of phenolic OH excluding ortho intramolecular Hbond substituents is 1. The molecule has 1 rings (SSSR count). The average Bonchev–Trinajstić information content (AvgIpc) is 2.69. The molecule has 3 amide bonds. The number of phenols is 1. The molecule has 1 aromatic rings. The van der Waals surface area contributed by atoms with Crippen molar-refractivity contribution in [1.29, 1.82) is 0 Å². The van der Waals surface area contributed by atoms with E-state index >= 15 is 0 Å². The maximum atomic E-state index is 12.7. The molecule has 30 heavy (non-hydrogen) atoms. The van der Waals surface area contributed by atoms with Crippen LogP contribution in [0.15, 0.2) is 24.3 Å². The van der Waals surface area contributed by atoms with Crippen LogP contribution in [0.1, 0.15) is 19.4 Å². The standard InChI is InChI=1S/C19H28N4O6S/c1-10(2)16(19(28)29)23-18(27)14(7-11-3-5-12(24)6-4-11)22-15(25)8-21-17(26)13(20)9-30/h3-6,10,13-14,16,24,30H,7-9,20H2,1-2H3,(H,21,26)(H,22,25)(H,23,27)(H,28,29). The predicted octanol–water partition coefficient (Wildman–Crippen LogP) is -0.982. The summed E-state index contributed by atoms with van der Waals surface area (Å²) in [7, 11) is 0. The van der Waals surface area contributed by atoms with Crippen LogP contribution >= 0.6 is 12.6 Å². The molecule has 0 aliphatic rings. The quantitative estimate of drug-likeness (QED) is 0.217. The van der Waals surface area contributed by atoms with E-state index in [2.05, 4.69) is 28.6 Å². The molecule has 0 spiro atoms. The first-order valence-electron chi connectivity index (χ1n) is 9.29. The highest BCUT2D eigenvalue weighted by Gasteiger charge is 2.28. The molecule has 1 aromatic carbocycles. The third-order valence-electron chi connectivity index (χ3n) is 4.21. The predicted molar refractivity (Wildman–Crippen MR) is 113 cm³/mol. The lowest BCUT2D eigenvalue weighted by atomic mass is 10.0. The first-order chi connectivity index (χ1) is 14.0. The number of hydrogen-bond acceptors (Lipinski definition) is 7. The van der Waals surface area contributed by atoms with Crippen LogP contribution in [0.2, 0.25) is 0 Å². The molecule has 0 saturated heterocycles. The number of carbonyl (C=O) groups is 4. The number of amides is 3. The molecule has 0 saturated carbocycles. The van der Waals surface area contributed by atoms with Crippen molar-refractivity contribution >= 4 is 36.3 Å². The minimum atomic E-state index is -1.19. The fourth-order valence-corrected chi connectivity index (χ4v) is 2.64. The molecule has 166 valence electrons. The highest BCUT2D eigenvalue weighted by atomic mass is 32.1. The summed E-state index contributed by atoms with van der Waals surface area (Å²) in [6.45, 7) is 2.88. The lowest BCUT2D eigenvalue weighted by Crippen LogP contribution is -2.55.